The summed E-state index contributed by atoms with van der Waals surface area (Å²) in [7, 11) is 0. The van der Waals surface area contributed by atoms with Crippen molar-refractivity contribution in [1.82, 2.24) is 5.32 Å². The summed E-state index contributed by atoms with van der Waals surface area (Å²) in [5.41, 5.74) is 1.16. The second-order valence-electron chi connectivity index (χ2n) is 5.69. The molecule has 2 aromatic rings. The van der Waals surface area contributed by atoms with Crippen molar-refractivity contribution in [2.24, 2.45) is 0 Å². The third-order valence-electron chi connectivity index (χ3n) is 4.13. The molecule has 1 saturated carbocycles. The molecule has 1 aliphatic carbocycles. The largest absolute Gasteiger partial charge is 0.353 e. The van der Waals surface area contributed by atoms with Crippen LogP contribution in [0.15, 0.2) is 29.6 Å². The summed E-state index contributed by atoms with van der Waals surface area (Å²) in [6.45, 7) is 0. The summed E-state index contributed by atoms with van der Waals surface area (Å²) >= 11 is 1.73. The quantitative estimate of drug-likeness (QED) is 0.839. The molecule has 3 heteroatoms. The topological polar surface area (TPSA) is 29.1 Å². The van der Waals surface area contributed by atoms with Crippen LogP contribution in [0.5, 0.6) is 0 Å². The minimum atomic E-state index is 0.181. The third-order valence-corrected chi connectivity index (χ3v) is 5.14. The fourth-order valence-electron chi connectivity index (χ4n) is 3.05. The molecule has 0 unspecified atom stereocenters. The van der Waals surface area contributed by atoms with Gasteiger partial charge in [-0.2, -0.15) is 0 Å². The number of fused-ring (bicyclic) bond motifs is 1. The number of rotatable bonds is 3. The Morgan fingerprint density at radius 3 is 2.70 bits per heavy atom. The van der Waals surface area contributed by atoms with E-state index < -0.39 is 0 Å². The molecule has 0 saturated heterocycles. The predicted molar refractivity (Wildman–Crippen MR) is 85.2 cm³/mol. The maximum atomic E-state index is 12.2. The smallest absolute Gasteiger partial charge is 0.224 e. The molecule has 106 valence electrons. The maximum Gasteiger partial charge on any atom is 0.224 e. The minimum absolute atomic E-state index is 0.181. The van der Waals surface area contributed by atoms with Crippen LogP contribution in [0, 0.1) is 0 Å². The number of amides is 1. The maximum absolute atomic E-state index is 12.2. The standard InChI is InChI=1S/C17H21NOS/c19-17(18-14-7-3-1-2-4-8-14)11-13-12-20-16-10-6-5-9-15(13)16/h5-6,9-10,12,14H,1-4,7-8,11H2,(H,18,19). The Morgan fingerprint density at radius 2 is 1.90 bits per heavy atom. The van der Waals surface area contributed by atoms with Crippen molar-refractivity contribution in [2.45, 2.75) is 51.0 Å². The highest BCUT2D eigenvalue weighted by molar-refractivity contribution is 7.17. The highest BCUT2D eigenvalue weighted by atomic mass is 32.1. The summed E-state index contributed by atoms with van der Waals surface area (Å²) in [5, 5.41) is 6.58. The van der Waals surface area contributed by atoms with Gasteiger partial charge in [-0.05, 0) is 35.2 Å². The highest BCUT2D eigenvalue weighted by Gasteiger charge is 2.15. The van der Waals surface area contributed by atoms with E-state index in [1.807, 2.05) is 12.1 Å². The monoisotopic (exact) mass is 287 g/mol. The van der Waals surface area contributed by atoms with Crippen LogP contribution in [0.2, 0.25) is 0 Å². The summed E-state index contributed by atoms with van der Waals surface area (Å²) in [5.74, 6) is 0.181. The van der Waals surface area contributed by atoms with Gasteiger partial charge < -0.3 is 5.32 Å². The fourth-order valence-corrected chi connectivity index (χ4v) is 4.01. The number of carbonyl (C=O) groups is 1. The van der Waals surface area contributed by atoms with Crippen molar-refractivity contribution >= 4 is 27.3 Å². The Morgan fingerprint density at radius 1 is 1.15 bits per heavy atom. The number of thiophene rings is 1. The minimum Gasteiger partial charge on any atom is -0.353 e. The predicted octanol–water partition coefficient (Wildman–Crippen LogP) is 4.28. The Balaban J connectivity index is 1.63. The number of nitrogens with one attached hydrogen (secondary N) is 1. The summed E-state index contributed by atoms with van der Waals surface area (Å²) < 4.78 is 1.27. The lowest BCUT2D eigenvalue weighted by Gasteiger charge is -2.16. The van der Waals surface area contributed by atoms with Gasteiger partial charge in [-0.3, -0.25) is 4.79 Å². The van der Waals surface area contributed by atoms with Gasteiger partial charge in [-0.15, -0.1) is 11.3 Å². The van der Waals surface area contributed by atoms with Gasteiger partial charge in [-0.1, -0.05) is 43.9 Å². The average Bonchev–Trinajstić information content (AvgIpc) is 2.68. The van der Waals surface area contributed by atoms with E-state index in [-0.39, 0.29) is 5.91 Å². The van der Waals surface area contributed by atoms with Crippen molar-refractivity contribution < 1.29 is 4.79 Å². The molecular formula is C17H21NOS. The third kappa shape index (κ3) is 3.21. The zero-order valence-corrected chi connectivity index (χ0v) is 12.5. The molecule has 2 nitrogen and oxygen atoms in total. The van der Waals surface area contributed by atoms with E-state index in [0.717, 1.165) is 18.4 Å². The molecule has 0 radical (unpaired) electrons. The first-order valence-electron chi connectivity index (χ1n) is 7.57. The molecule has 1 amide bonds. The van der Waals surface area contributed by atoms with Crippen LogP contribution in [0.3, 0.4) is 0 Å². The molecule has 1 aromatic carbocycles. The number of benzene rings is 1. The lowest BCUT2D eigenvalue weighted by molar-refractivity contribution is -0.121. The van der Waals surface area contributed by atoms with Gasteiger partial charge in [0.15, 0.2) is 0 Å². The zero-order valence-electron chi connectivity index (χ0n) is 11.7. The molecular weight excluding hydrogens is 266 g/mol. The van der Waals surface area contributed by atoms with Crippen molar-refractivity contribution in [3.63, 3.8) is 0 Å². The highest BCUT2D eigenvalue weighted by Crippen LogP contribution is 2.26. The van der Waals surface area contributed by atoms with Crippen molar-refractivity contribution in [3.8, 4) is 0 Å². The number of hydrogen-bond donors (Lipinski definition) is 1. The van der Waals surface area contributed by atoms with Crippen molar-refractivity contribution in [3.05, 3.63) is 35.2 Å². The Bertz CT molecular complexity index is 581. The molecule has 0 bridgehead atoms. The second kappa shape index (κ2) is 6.40. The van der Waals surface area contributed by atoms with E-state index in [1.54, 1.807) is 11.3 Å². The Kier molecular flexibility index (Phi) is 4.36. The molecule has 3 rings (SSSR count). The molecule has 0 aliphatic heterocycles. The van der Waals surface area contributed by atoms with Gasteiger partial charge >= 0.3 is 0 Å². The van der Waals surface area contributed by atoms with E-state index in [1.165, 1.54) is 35.8 Å². The molecule has 1 heterocycles. The van der Waals surface area contributed by atoms with E-state index in [2.05, 4.69) is 22.8 Å². The molecule has 1 aliphatic rings. The van der Waals surface area contributed by atoms with Gasteiger partial charge in [0.05, 0.1) is 6.42 Å². The molecule has 20 heavy (non-hydrogen) atoms. The molecule has 0 spiro atoms. The normalized spacial score (nSPS) is 17.0. The van der Waals surface area contributed by atoms with Crippen LogP contribution in [0.25, 0.3) is 10.1 Å². The van der Waals surface area contributed by atoms with Crippen LogP contribution in [0.4, 0.5) is 0 Å². The van der Waals surface area contributed by atoms with E-state index >= 15 is 0 Å². The lowest BCUT2D eigenvalue weighted by atomic mass is 10.1. The Hall–Kier alpha value is -1.35. The fraction of sp³-hybridized carbons (Fsp3) is 0.471. The van der Waals surface area contributed by atoms with Crippen molar-refractivity contribution in [1.29, 1.82) is 0 Å². The van der Waals surface area contributed by atoms with E-state index in [9.17, 15) is 4.79 Å². The first-order chi connectivity index (χ1) is 9.83. The number of hydrogen-bond acceptors (Lipinski definition) is 2. The molecule has 1 N–H and O–H groups in total. The van der Waals surface area contributed by atoms with E-state index in [4.69, 9.17) is 0 Å². The van der Waals surface area contributed by atoms with Crippen LogP contribution in [-0.2, 0) is 11.2 Å². The van der Waals surface area contributed by atoms with Crippen LogP contribution >= 0.6 is 11.3 Å². The Labute approximate surface area is 124 Å². The van der Waals surface area contributed by atoms with Crippen LogP contribution in [0.1, 0.15) is 44.1 Å². The SMILES string of the molecule is O=C(Cc1csc2ccccc12)NC1CCCCCC1. The molecule has 1 aromatic heterocycles. The van der Waals surface area contributed by atoms with Crippen LogP contribution in [-0.4, -0.2) is 11.9 Å². The first kappa shape index (κ1) is 13.6. The van der Waals surface area contributed by atoms with Gasteiger partial charge in [0, 0.05) is 10.7 Å². The van der Waals surface area contributed by atoms with E-state index in [0.29, 0.717) is 12.5 Å². The summed E-state index contributed by atoms with van der Waals surface area (Å²) in [4.78, 5) is 12.2. The van der Waals surface area contributed by atoms with Gasteiger partial charge in [-0.25, -0.2) is 0 Å². The summed E-state index contributed by atoms with van der Waals surface area (Å²) in [6, 6.07) is 8.72. The van der Waals surface area contributed by atoms with Crippen molar-refractivity contribution in [2.75, 3.05) is 0 Å². The zero-order chi connectivity index (χ0) is 13.8. The molecule has 0 atom stereocenters. The van der Waals surface area contributed by atoms with Gasteiger partial charge in [0.1, 0.15) is 0 Å². The lowest BCUT2D eigenvalue weighted by Crippen LogP contribution is -2.35. The first-order valence-corrected chi connectivity index (χ1v) is 8.45. The van der Waals surface area contributed by atoms with Gasteiger partial charge in [0.25, 0.3) is 0 Å². The summed E-state index contributed by atoms with van der Waals surface area (Å²) in [6.07, 6.45) is 7.97. The van der Waals surface area contributed by atoms with Crippen LogP contribution < -0.4 is 5.32 Å². The molecule has 1 fully saturated rings. The number of carbonyl (C=O) groups excluding carboxylic acids is 1. The second-order valence-corrected chi connectivity index (χ2v) is 6.60. The van der Waals surface area contributed by atoms with Gasteiger partial charge in [0.2, 0.25) is 5.91 Å². The average molecular weight is 287 g/mol.